The maximum absolute atomic E-state index is 10.6. The van der Waals surface area contributed by atoms with Crippen molar-refractivity contribution in [1.29, 1.82) is 0 Å². The first kappa shape index (κ1) is 7.53. The number of hydrogen-bond donors (Lipinski definition) is 0. The third-order valence-corrected chi connectivity index (χ3v) is 2.58. The first-order valence-electron chi connectivity index (χ1n) is 4.33. The number of nitrogens with zero attached hydrogens (tertiary/aromatic N) is 2. The number of imidazole rings is 1. The van der Waals surface area contributed by atoms with E-state index in [1.165, 1.54) is 12.8 Å². The van der Waals surface area contributed by atoms with Crippen molar-refractivity contribution in [3.8, 4) is 0 Å². The van der Waals surface area contributed by atoms with Crippen LogP contribution in [-0.4, -0.2) is 15.8 Å². The van der Waals surface area contributed by atoms with E-state index in [2.05, 4.69) is 11.9 Å². The minimum Gasteiger partial charge on any atom is -0.325 e. The molecular formula is C9H12N2O. The highest BCUT2D eigenvalue weighted by Crippen LogP contribution is 2.45. The second-order valence-corrected chi connectivity index (χ2v) is 3.32. The van der Waals surface area contributed by atoms with E-state index in [0.717, 1.165) is 12.2 Å². The first-order chi connectivity index (χ1) is 5.86. The fourth-order valence-corrected chi connectivity index (χ4v) is 1.69. The summed E-state index contributed by atoms with van der Waals surface area (Å²) in [6.07, 6.45) is 6.65. The molecule has 1 heterocycles. The molecular weight excluding hydrogens is 152 g/mol. The van der Waals surface area contributed by atoms with Gasteiger partial charge in [0.15, 0.2) is 6.29 Å². The van der Waals surface area contributed by atoms with Gasteiger partial charge < -0.3 is 4.57 Å². The SMILES string of the molecule is CCC1CC1n1cncc1C=O. The Hall–Kier alpha value is -1.12. The van der Waals surface area contributed by atoms with Crippen LogP contribution in [0.2, 0.25) is 0 Å². The third-order valence-electron chi connectivity index (χ3n) is 2.58. The lowest BCUT2D eigenvalue weighted by Gasteiger charge is -2.00. The molecule has 64 valence electrons. The standard InChI is InChI=1S/C9H12N2O/c1-2-7-3-9(7)11-6-10-4-8(11)5-12/h4-7,9H,2-3H2,1H3. The van der Waals surface area contributed by atoms with Crippen LogP contribution in [-0.2, 0) is 0 Å². The Morgan fingerprint density at radius 1 is 1.83 bits per heavy atom. The molecule has 0 saturated heterocycles. The summed E-state index contributed by atoms with van der Waals surface area (Å²) in [4.78, 5) is 14.5. The van der Waals surface area contributed by atoms with Crippen LogP contribution in [0.5, 0.6) is 0 Å². The molecule has 0 aliphatic heterocycles. The molecule has 2 rings (SSSR count). The van der Waals surface area contributed by atoms with Crippen LogP contribution in [0.1, 0.15) is 36.3 Å². The Morgan fingerprint density at radius 2 is 2.67 bits per heavy atom. The Morgan fingerprint density at radius 3 is 3.25 bits per heavy atom. The van der Waals surface area contributed by atoms with Gasteiger partial charge in [-0.3, -0.25) is 4.79 Å². The average Bonchev–Trinajstić information content (AvgIpc) is 2.74. The van der Waals surface area contributed by atoms with Crippen molar-refractivity contribution < 1.29 is 4.79 Å². The van der Waals surface area contributed by atoms with Crippen molar-refractivity contribution in [2.24, 2.45) is 5.92 Å². The lowest BCUT2D eigenvalue weighted by molar-refractivity contribution is 0.111. The molecule has 3 nitrogen and oxygen atoms in total. The van der Waals surface area contributed by atoms with Crippen molar-refractivity contribution in [3.05, 3.63) is 18.2 Å². The van der Waals surface area contributed by atoms with Gasteiger partial charge in [0.2, 0.25) is 0 Å². The van der Waals surface area contributed by atoms with Gasteiger partial charge in [0, 0.05) is 6.04 Å². The third kappa shape index (κ3) is 1.05. The van der Waals surface area contributed by atoms with E-state index < -0.39 is 0 Å². The number of carbonyl (C=O) groups excluding carboxylic acids is 1. The van der Waals surface area contributed by atoms with Crippen LogP contribution in [0.25, 0.3) is 0 Å². The molecule has 0 amide bonds. The fraction of sp³-hybridized carbons (Fsp3) is 0.556. The molecule has 0 spiro atoms. The summed E-state index contributed by atoms with van der Waals surface area (Å²) in [5.41, 5.74) is 0.705. The smallest absolute Gasteiger partial charge is 0.168 e. The van der Waals surface area contributed by atoms with E-state index in [1.54, 1.807) is 12.5 Å². The minimum atomic E-state index is 0.540. The maximum Gasteiger partial charge on any atom is 0.168 e. The molecule has 1 aliphatic carbocycles. The van der Waals surface area contributed by atoms with Crippen molar-refractivity contribution in [1.82, 2.24) is 9.55 Å². The normalized spacial score (nSPS) is 27.1. The molecule has 12 heavy (non-hydrogen) atoms. The zero-order valence-electron chi connectivity index (χ0n) is 7.10. The second kappa shape index (κ2) is 2.73. The number of aromatic nitrogens is 2. The van der Waals surface area contributed by atoms with Gasteiger partial charge in [0.05, 0.1) is 12.5 Å². The molecule has 0 radical (unpaired) electrons. The summed E-state index contributed by atoms with van der Waals surface area (Å²) in [6.45, 7) is 2.18. The Kier molecular flexibility index (Phi) is 1.71. The molecule has 1 fully saturated rings. The topological polar surface area (TPSA) is 34.9 Å². The summed E-state index contributed by atoms with van der Waals surface area (Å²) < 4.78 is 1.99. The summed E-state index contributed by atoms with van der Waals surface area (Å²) in [5, 5.41) is 0. The van der Waals surface area contributed by atoms with Crippen LogP contribution < -0.4 is 0 Å². The molecule has 0 aromatic carbocycles. The van der Waals surface area contributed by atoms with Crippen molar-refractivity contribution >= 4 is 6.29 Å². The molecule has 1 aromatic heterocycles. The zero-order valence-corrected chi connectivity index (χ0v) is 7.10. The summed E-state index contributed by atoms with van der Waals surface area (Å²) in [5.74, 6) is 0.762. The average molecular weight is 164 g/mol. The van der Waals surface area contributed by atoms with Gasteiger partial charge in [-0.25, -0.2) is 4.98 Å². The van der Waals surface area contributed by atoms with Crippen LogP contribution in [0, 0.1) is 5.92 Å². The van der Waals surface area contributed by atoms with Crippen LogP contribution in [0.3, 0.4) is 0 Å². The number of carbonyl (C=O) groups is 1. The van der Waals surface area contributed by atoms with Crippen LogP contribution >= 0.6 is 0 Å². The van der Waals surface area contributed by atoms with Gasteiger partial charge in [-0.2, -0.15) is 0 Å². The Labute approximate surface area is 71.4 Å². The summed E-state index contributed by atoms with van der Waals surface area (Å²) in [6, 6.07) is 0.540. The van der Waals surface area contributed by atoms with E-state index >= 15 is 0 Å². The molecule has 0 N–H and O–H groups in total. The summed E-state index contributed by atoms with van der Waals surface area (Å²) >= 11 is 0. The van der Waals surface area contributed by atoms with Gasteiger partial charge in [0.25, 0.3) is 0 Å². The zero-order chi connectivity index (χ0) is 8.55. The van der Waals surface area contributed by atoms with Crippen molar-refractivity contribution in [2.75, 3.05) is 0 Å². The fourth-order valence-electron chi connectivity index (χ4n) is 1.69. The largest absolute Gasteiger partial charge is 0.325 e. The number of rotatable bonds is 3. The van der Waals surface area contributed by atoms with E-state index in [9.17, 15) is 4.79 Å². The molecule has 3 heteroatoms. The number of hydrogen-bond acceptors (Lipinski definition) is 2. The molecule has 2 atom stereocenters. The van der Waals surface area contributed by atoms with Gasteiger partial charge in [-0.15, -0.1) is 0 Å². The highest BCUT2D eigenvalue weighted by molar-refractivity contribution is 5.71. The molecule has 1 aromatic rings. The van der Waals surface area contributed by atoms with Gasteiger partial charge >= 0.3 is 0 Å². The lowest BCUT2D eigenvalue weighted by Crippen LogP contribution is -1.98. The molecule has 0 bridgehead atoms. The van der Waals surface area contributed by atoms with Gasteiger partial charge in [0.1, 0.15) is 5.69 Å². The van der Waals surface area contributed by atoms with E-state index in [4.69, 9.17) is 0 Å². The second-order valence-electron chi connectivity index (χ2n) is 3.32. The minimum absolute atomic E-state index is 0.540. The van der Waals surface area contributed by atoms with Gasteiger partial charge in [-0.1, -0.05) is 13.3 Å². The van der Waals surface area contributed by atoms with Crippen molar-refractivity contribution in [2.45, 2.75) is 25.8 Å². The van der Waals surface area contributed by atoms with E-state index in [-0.39, 0.29) is 0 Å². The van der Waals surface area contributed by atoms with Crippen LogP contribution in [0.15, 0.2) is 12.5 Å². The first-order valence-corrected chi connectivity index (χ1v) is 4.33. The lowest BCUT2D eigenvalue weighted by atomic mass is 10.3. The van der Waals surface area contributed by atoms with Crippen LogP contribution in [0.4, 0.5) is 0 Å². The monoisotopic (exact) mass is 164 g/mol. The van der Waals surface area contributed by atoms with Gasteiger partial charge in [-0.05, 0) is 12.3 Å². The Balaban J connectivity index is 2.18. The highest BCUT2D eigenvalue weighted by atomic mass is 16.1. The highest BCUT2D eigenvalue weighted by Gasteiger charge is 2.37. The number of aldehydes is 1. The van der Waals surface area contributed by atoms with E-state index in [0.29, 0.717) is 11.7 Å². The summed E-state index contributed by atoms with van der Waals surface area (Å²) in [7, 11) is 0. The quantitative estimate of drug-likeness (QED) is 0.637. The Bertz CT molecular complexity index is 292. The predicted octanol–water partition coefficient (Wildman–Crippen LogP) is 1.67. The molecule has 2 unspecified atom stereocenters. The van der Waals surface area contributed by atoms with E-state index in [1.807, 2.05) is 4.57 Å². The predicted molar refractivity (Wildman–Crippen MR) is 45.0 cm³/mol. The van der Waals surface area contributed by atoms with Crippen molar-refractivity contribution in [3.63, 3.8) is 0 Å². The molecule has 1 saturated carbocycles. The maximum atomic E-state index is 10.6. The molecule has 1 aliphatic rings.